The van der Waals surface area contributed by atoms with Crippen molar-refractivity contribution < 1.29 is 19.0 Å². The predicted octanol–water partition coefficient (Wildman–Crippen LogP) is 3.19. The van der Waals surface area contributed by atoms with Gasteiger partial charge in [0.05, 0.1) is 16.9 Å². The van der Waals surface area contributed by atoms with Crippen LogP contribution >= 0.6 is 0 Å². The fourth-order valence-corrected chi connectivity index (χ4v) is 5.13. The first-order valence-corrected chi connectivity index (χ1v) is 10.6. The molecule has 1 saturated heterocycles. The number of aliphatic carboxylic acids is 1. The SMILES string of the molecule is Cc1[nH]nc2c1C(c1cc(F)cc(N3CCC(C(=O)O)CC3)c1)(C(C)C)C(C#N)=C(N)O2. The van der Waals surface area contributed by atoms with Crippen molar-refractivity contribution in [2.45, 2.75) is 39.0 Å². The molecule has 0 radical (unpaired) electrons. The Hall–Kier alpha value is -3.54. The molecule has 2 aliphatic rings. The van der Waals surface area contributed by atoms with E-state index >= 15 is 4.39 Å². The highest BCUT2D eigenvalue weighted by Gasteiger charge is 2.51. The lowest BCUT2D eigenvalue weighted by Crippen LogP contribution is -2.42. The molecular formula is C23H26FN5O3. The van der Waals surface area contributed by atoms with Crippen molar-refractivity contribution in [3.63, 3.8) is 0 Å². The van der Waals surface area contributed by atoms with Crippen molar-refractivity contribution in [3.05, 3.63) is 52.3 Å². The van der Waals surface area contributed by atoms with E-state index in [1.807, 2.05) is 31.7 Å². The first-order valence-electron chi connectivity index (χ1n) is 10.6. The number of carbonyl (C=O) groups is 1. The summed E-state index contributed by atoms with van der Waals surface area (Å²) in [6.07, 6.45) is 0.983. The third-order valence-electron chi connectivity index (χ3n) is 6.68. The summed E-state index contributed by atoms with van der Waals surface area (Å²) in [5, 5.41) is 26.5. The highest BCUT2D eigenvalue weighted by Crippen LogP contribution is 2.53. The van der Waals surface area contributed by atoms with Gasteiger partial charge in [0.2, 0.25) is 11.8 Å². The van der Waals surface area contributed by atoms with E-state index in [2.05, 4.69) is 16.3 Å². The molecule has 0 amide bonds. The Morgan fingerprint density at radius 2 is 2.09 bits per heavy atom. The van der Waals surface area contributed by atoms with Crippen LogP contribution in [0, 0.1) is 35.9 Å². The molecule has 1 atom stereocenters. The molecule has 0 spiro atoms. The average molecular weight is 439 g/mol. The van der Waals surface area contributed by atoms with E-state index in [9.17, 15) is 15.2 Å². The van der Waals surface area contributed by atoms with Gasteiger partial charge in [-0.15, -0.1) is 5.10 Å². The number of hydrogen-bond donors (Lipinski definition) is 3. The number of aromatic nitrogens is 2. The molecule has 1 unspecified atom stereocenters. The molecular weight excluding hydrogens is 413 g/mol. The van der Waals surface area contributed by atoms with Gasteiger partial charge in [0.25, 0.3) is 0 Å². The Morgan fingerprint density at radius 3 is 2.69 bits per heavy atom. The second-order valence-corrected chi connectivity index (χ2v) is 8.74. The summed E-state index contributed by atoms with van der Waals surface area (Å²) in [6, 6.07) is 6.95. The first kappa shape index (κ1) is 21.7. The molecule has 4 rings (SSSR count). The van der Waals surface area contributed by atoms with Crippen LogP contribution in [0.4, 0.5) is 10.1 Å². The number of rotatable bonds is 4. The monoisotopic (exact) mass is 439 g/mol. The molecule has 4 N–H and O–H groups in total. The summed E-state index contributed by atoms with van der Waals surface area (Å²) in [7, 11) is 0. The number of fused-ring (bicyclic) bond motifs is 1. The summed E-state index contributed by atoms with van der Waals surface area (Å²) >= 11 is 0. The quantitative estimate of drug-likeness (QED) is 0.667. The standard InChI is InChI=1S/C23H26FN5O3/c1-12(2)23(18(11-25)20(26)32-21-19(23)13(3)27-28-21)15-8-16(24)10-17(9-15)29-6-4-14(5-7-29)22(30)31/h8-10,12,14H,4-7,26H2,1-3H3,(H,27,28)(H,30,31). The lowest BCUT2D eigenvalue weighted by atomic mass is 9.62. The van der Waals surface area contributed by atoms with Crippen LogP contribution in [0.25, 0.3) is 0 Å². The number of piperidine rings is 1. The number of H-pyrrole nitrogens is 1. The number of ether oxygens (including phenoxy) is 1. The van der Waals surface area contributed by atoms with Gasteiger partial charge in [0.1, 0.15) is 17.5 Å². The van der Waals surface area contributed by atoms with E-state index in [4.69, 9.17) is 10.5 Å². The van der Waals surface area contributed by atoms with Gasteiger partial charge in [0, 0.05) is 24.5 Å². The molecule has 1 fully saturated rings. The fourth-order valence-electron chi connectivity index (χ4n) is 5.13. The van der Waals surface area contributed by atoms with Crippen LogP contribution in [0.2, 0.25) is 0 Å². The maximum Gasteiger partial charge on any atom is 0.306 e. The van der Waals surface area contributed by atoms with Crippen LogP contribution in [-0.2, 0) is 10.2 Å². The van der Waals surface area contributed by atoms with Crippen LogP contribution in [0.1, 0.15) is 43.5 Å². The Labute approximate surface area is 185 Å². The number of allylic oxidation sites excluding steroid dienone is 1. The van der Waals surface area contributed by atoms with Crippen LogP contribution in [0.5, 0.6) is 5.88 Å². The van der Waals surface area contributed by atoms with Gasteiger partial charge in [-0.3, -0.25) is 9.89 Å². The van der Waals surface area contributed by atoms with Gasteiger partial charge in [-0.1, -0.05) is 13.8 Å². The lowest BCUT2D eigenvalue weighted by molar-refractivity contribution is -0.142. The second kappa shape index (κ2) is 7.86. The topological polar surface area (TPSA) is 128 Å². The average Bonchev–Trinajstić information content (AvgIpc) is 3.12. The molecule has 0 aliphatic carbocycles. The number of aryl methyl sites for hydroxylation is 1. The number of nitrogens with two attached hydrogens (primary N) is 1. The normalized spacial score (nSPS) is 21.3. The van der Waals surface area contributed by atoms with Gasteiger partial charge in [-0.05, 0) is 49.4 Å². The van der Waals surface area contributed by atoms with E-state index in [0.717, 1.165) is 0 Å². The Bertz CT molecular complexity index is 1140. The zero-order valence-electron chi connectivity index (χ0n) is 18.3. The van der Waals surface area contributed by atoms with E-state index in [0.29, 0.717) is 48.4 Å². The van der Waals surface area contributed by atoms with Crippen LogP contribution in [-0.4, -0.2) is 34.4 Å². The summed E-state index contributed by atoms with van der Waals surface area (Å²) in [5.41, 5.74) is 7.91. The van der Waals surface area contributed by atoms with Crippen molar-refractivity contribution in [3.8, 4) is 11.9 Å². The number of benzene rings is 1. The Morgan fingerprint density at radius 1 is 1.41 bits per heavy atom. The first-order chi connectivity index (χ1) is 15.2. The molecule has 8 nitrogen and oxygen atoms in total. The highest BCUT2D eigenvalue weighted by atomic mass is 19.1. The molecule has 0 saturated carbocycles. The minimum atomic E-state index is -1.06. The Kier molecular flexibility index (Phi) is 5.33. The van der Waals surface area contributed by atoms with E-state index < -0.39 is 17.2 Å². The molecule has 2 aliphatic heterocycles. The van der Waals surface area contributed by atoms with Crippen molar-refractivity contribution in [2.24, 2.45) is 17.6 Å². The number of aromatic amines is 1. The Balaban J connectivity index is 1.89. The molecule has 32 heavy (non-hydrogen) atoms. The largest absolute Gasteiger partial charge is 0.481 e. The zero-order chi connectivity index (χ0) is 23.2. The van der Waals surface area contributed by atoms with Crippen LogP contribution in [0.3, 0.4) is 0 Å². The lowest BCUT2D eigenvalue weighted by Gasteiger charge is -2.41. The van der Waals surface area contributed by atoms with Crippen molar-refractivity contribution in [2.75, 3.05) is 18.0 Å². The second-order valence-electron chi connectivity index (χ2n) is 8.74. The molecule has 0 bridgehead atoms. The van der Waals surface area contributed by atoms with E-state index in [1.165, 1.54) is 12.1 Å². The summed E-state index contributed by atoms with van der Waals surface area (Å²) in [5.74, 6) is -1.58. The molecule has 168 valence electrons. The number of nitriles is 1. The smallest absolute Gasteiger partial charge is 0.306 e. The molecule has 1 aromatic heterocycles. The van der Waals surface area contributed by atoms with Crippen molar-refractivity contribution in [1.29, 1.82) is 5.26 Å². The number of halogens is 1. The molecule has 1 aromatic carbocycles. The van der Waals surface area contributed by atoms with Crippen LogP contribution < -0.4 is 15.4 Å². The predicted molar refractivity (Wildman–Crippen MR) is 115 cm³/mol. The molecule has 3 heterocycles. The minimum Gasteiger partial charge on any atom is -0.481 e. The zero-order valence-corrected chi connectivity index (χ0v) is 18.3. The van der Waals surface area contributed by atoms with Gasteiger partial charge in [-0.2, -0.15) is 5.26 Å². The number of carboxylic acid groups (broad SMARTS) is 1. The number of carboxylic acids is 1. The number of hydrogen-bond acceptors (Lipinski definition) is 6. The number of anilines is 1. The maximum atomic E-state index is 15.0. The summed E-state index contributed by atoms with van der Waals surface area (Å²) < 4.78 is 20.6. The maximum absolute atomic E-state index is 15.0. The third-order valence-corrected chi connectivity index (χ3v) is 6.68. The molecule has 9 heteroatoms. The van der Waals surface area contributed by atoms with E-state index in [-0.39, 0.29) is 29.2 Å². The highest BCUT2D eigenvalue weighted by molar-refractivity contribution is 5.70. The number of nitrogens with zero attached hydrogens (tertiary/aromatic N) is 3. The van der Waals surface area contributed by atoms with Crippen molar-refractivity contribution in [1.82, 2.24) is 10.2 Å². The third kappa shape index (κ3) is 3.18. The minimum absolute atomic E-state index is 0.0479. The van der Waals surface area contributed by atoms with Crippen molar-refractivity contribution >= 4 is 11.7 Å². The van der Waals surface area contributed by atoms with Gasteiger partial charge in [-0.25, -0.2) is 4.39 Å². The van der Waals surface area contributed by atoms with E-state index in [1.54, 1.807) is 0 Å². The summed E-state index contributed by atoms with van der Waals surface area (Å²) in [4.78, 5) is 13.3. The van der Waals surface area contributed by atoms with Crippen LogP contribution in [0.15, 0.2) is 29.7 Å². The molecule has 2 aromatic rings. The van der Waals surface area contributed by atoms with Gasteiger partial charge in [0.15, 0.2) is 0 Å². The van der Waals surface area contributed by atoms with Gasteiger partial charge < -0.3 is 20.5 Å². The summed E-state index contributed by atoms with van der Waals surface area (Å²) in [6.45, 7) is 6.76. The fraction of sp³-hybridized carbons (Fsp3) is 0.435. The van der Waals surface area contributed by atoms with Gasteiger partial charge >= 0.3 is 5.97 Å². The number of nitrogens with one attached hydrogen (secondary N) is 1.